The molecule has 6 nitrogen and oxygen atoms in total. The van der Waals surface area contributed by atoms with E-state index in [4.69, 9.17) is 17.3 Å². The Morgan fingerprint density at radius 2 is 2.13 bits per heavy atom. The molecule has 0 atom stereocenters. The lowest BCUT2D eigenvalue weighted by Gasteiger charge is -2.12. The van der Waals surface area contributed by atoms with Crippen LogP contribution in [-0.4, -0.2) is 38.7 Å². The van der Waals surface area contributed by atoms with Crippen molar-refractivity contribution in [2.45, 2.75) is 6.42 Å². The third-order valence-corrected chi connectivity index (χ3v) is 4.82. The predicted octanol–water partition coefficient (Wildman–Crippen LogP) is 1.82. The number of rotatable bonds is 3. The Morgan fingerprint density at radius 1 is 1.39 bits per heavy atom. The average Bonchev–Trinajstić information content (AvgIpc) is 2.95. The maximum Gasteiger partial charge on any atom is 0.305 e. The predicted molar refractivity (Wildman–Crippen MR) is 86.1 cm³/mol. The van der Waals surface area contributed by atoms with E-state index in [1.807, 2.05) is 0 Å². The van der Waals surface area contributed by atoms with Gasteiger partial charge in [0.2, 0.25) is 0 Å². The van der Waals surface area contributed by atoms with Gasteiger partial charge in [-0.2, -0.15) is 0 Å². The van der Waals surface area contributed by atoms with E-state index < -0.39 is 23.6 Å². The minimum absolute atomic E-state index is 0.0308. The summed E-state index contributed by atoms with van der Waals surface area (Å²) in [6.45, 7) is -0.0750. The number of benzene rings is 1. The van der Waals surface area contributed by atoms with Crippen molar-refractivity contribution in [2.24, 2.45) is 0 Å². The number of hydrogen-bond acceptors (Lipinski definition) is 5. The molecule has 9 heteroatoms. The number of carboxylic acid groups (broad SMARTS) is 1. The number of carbonyl (C=O) groups excluding carboxylic acids is 2. The van der Waals surface area contributed by atoms with Crippen LogP contribution in [0.25, 0.3) is 5.57 Å². The lowest BCUT2D eigenvalue weighted by Crippen LogP contribution is -2.30. The number of anilines is 1. The van der Waals surface area contributed by atoms with Gasteiger partial charge in [-0.05, 0) is 6.07 Å². The number of carbonyl (C=O) groups is 3. The van der Waals surface area contributed by atoms with Crippen molar-refractivity contribution >= 4 is 57.3 Å². The summed E-state index contributed by atoms with van der Waals surface area (Å²) >= 11 is 6.00. The molecule has 3 rings (SSSR count). The molecule has 0 aromatic heterocycles. The number of fused-ring (bicyclic) bond motifs is 1. The summed E-state index contributed by atoms with van der Waals surface area (Å²) in [4.78, 5) is 36.5. The second kappa shape index (κ2) is 5.74. The van der Waals surface area contributed by atoms with Crippen LogP contribution >= 0.6 is 24.0 Å². The highest BCUT2D eigenvalue weighted by atomic mass is 32.2. The maximum absolute atomic E-state index is 13.8. The molecule has 0 bridgehead atoms. The number of carboxylic acids is 1. The van der Waals surface area contributed by atoms with E-state index in [2.05, 4.69) is 5.32 Å². The van der Waals surface area contributed by atoms with Gasteiger partial charge < -0.3 is 10.4 Å². The van der Waals surface area contributed by atoms with Crippen molar-refractivity contribution in [3.05, 3.63) is 34.5 Å². The molecule has 0 saturated carbocycles. The zero-order valence-electron chi connectivity index (χ0n) is 11.5. The molecule has 1 aromatic rings. The van der Waals surface area contributed by atoms with Gasteiger partial charge in [0.1, 0.15) is 10.1 Å². The van der Waals surface area contributed by atoms with E-state index in [9.17, 15) is 18.8 Å². The SMILES string of the molecule is O=C(O)CCN1C(=O)/C(=C2/C(=O)Nc3c(F)cccc32)SC1=S. The van der Waals surface area contributed by atoms with E-state index >= 15 is 0 Å². The van der Waals surface area contributed by atoms with E-state index in [0.29, 0.717) is 5.56 Å². The zero-order chi connectivity index (χ0) is 16.7. The summed E-state index contributed by atoms with van der Waals surface area (Å²) in [6, 6.07) is 4.19. The molecule has 2 heterocycles. The first-order chi connectivity index (χ1) is 10.9. The number of halogens is 1. The monoisotopic (exact) mass is 352 g/mol. The molecule has 1 aromatic carbocycles. The topological polar surface area (TPSA) is 86.7 Å². The van der Waals surface area contributed by atoms with Gasteiger partial charge in [-0.25, -0.2) is 4.39 Å². The number of para-hydroxylation sites is 1. The lowest BCUT2D eigenvalue weighted by molar-refractivity contribution is -0.137. The number of nitrogens with zero attached hydrogens (tertiary/aromatic N) is 1. The van der Waals surface area contributed by atoms with Gasteiger partial charge in [-0.15, -0.1) is 0 Å². The van der Waals surface area contributed by atoms with Gasteiger partial charge in [0.05, 0.1) is 22.6 Å². The second-order valence-corrected chi connectivity index (χ2v) is 6.43. The average molecular weight is 352 g/mol. The van der Waals surface area contributed by atoms with Gasteiger partial charge in [-0.3, -0.25) is 19.3 Å². The molecule has 118 valence electrons. The Balaban J connectivity index is 2.02. The fraction of sp³-hybridized carbons (Fsp3) is 0.143. The van der Waals surface area contributed by atoms with Crippen LogP contribution < -0.4 is 5.32 Å². The van der Waals surface area contributed by atoms with Gasteiger partial charge in [0, 0.05) is 12.1 Å². The summed E-state index contributed by atoms with van der Waals surface area (Å²) in [6.07, 6.45) is -0.257. The number of aliphatic carboxylic acids is 1. The third-order valence-electron chi connectivity index (χ3n) is 3.37. The smallest absolute Gasteiger partial charge is 0.305 e. The van der Waals surface area contributed by atoms with E-state index in [1.165, 1.54) is 18.2 Å². The van der Waals surface area contributed by atoms with Gasteiger partial charge in [0.25, 0.3) is 11.8 Å². The highest BCUT2D eigenvalue weighted by Crippen LogP contribution is 2.42. The Labute approximate surface area is 139 Å². The van der Waals surface area contributed by atoms with Crippen LogP contribution in [0, 0.1) is 5.82 Å². The van der Waals surface area contributed by atoms with E-state index in [0.717, 1.165) is 16.7 Å². The lowest BCUT2D eigenvalue weighted by atomic mass is 10.1. The van der Waals surface area contributed by atoms with Crippen LogP contribution in [0.5, 0.6) is 0 Å². The fourth-order valence-corrected chi connectivity index (χ4v) is 3.72. The molecule has 1 fully saturated rings. The van der Waals surface area contributed by atoms with Crippen molar-refractivity contribution in [3.63, 3.8) is 0 Å². The number of nitrogens with one attached hydrogen (secondary N) is 1. The summed E-state index contributed by atoms with van der Waals surface area (Å²) in [5, 5.41) is 11.1. The standard InChI is InChI=1S/C14H9FN2O4S2/c15-7-3-1-2-6-9(12(20)16-10(6)7)11-13(21)17(14(22)23-11)5-4-8(18)19/h1-3H,4-5H2,(H,16,20)(H,18,19)/b11-9-. The molecule has 0 spiro atoms. The van der Waals surface area contributed by atoms with Crippen molar-refractivity contribution in [1.29, 1.82) is 0 Å². The van der Waals surface area contributed by atoms with Crippen LogP contribution in [0.15, 0.2) is 23.1 Å². The number of thioether (sulfide) groups is 1. The van der Waals surface area contributed by atoms with Gasteiger partial charge in [0.15, 0.2) is 0 Å². The van der Waals surface area contributed by atoms with Crippen LogP contribution in [-0.2, 0) is 14.4 Å². The first-order valence-electron chi connectivity index (χ1n) is 6.50. The second-order valence-electron chi connectivity index (χ2n) is 4.79. The highest BCUT2D eigenvalue weighted by Gasteiger charge is 2.39. The summed E-state index contributed by atoms with van der Waals surface area (Å²) in [5.41, 5.74) is 0.395. The first-order valence-corrected chi connectivity index (χ1v) is 7.72. The van der Waals surface area contributed by atoms with Crippen LogP contribution in [0.4, 0.5) is 10.1 Å². The van der Waals surface area contributed by atoms with Crippen LogP contribution in [0.2, 0.25) is 0 Å². The Hall–Kier alpha value is -2.26. The minimum atomic E-state index is -1.06. The van der Waals surface area contributed by atoms with Crippen LogP contribution in [0.1, 0.15) is 12.0 Å². The Morgan fingerprint density at radius 3 is 2.83 bits per heavy atom. The molecule has 0 aliphatic carbocycles. The number of hydrogen-bond donors (Lipinski definition) is 2. The maximum atomic E-state index is 13.8. The quantitative estimate of drug-likeness (QED) is 0.637. The number of amides is 2. The van der Waals surface area contributed by atoms with Gasteiger partial charge >= 0.3 is 5.97 Å². The molecule has 2 amide bonds. The number of thiocarbonyl (C=S) groups is 1. The fourth-order valence-electron chi connectivity index (χ4n) is 2.33. The molecule has 1 saturated heterocycles. The molecule has 0 radical (unpaired) electrons. The largest absolute Gasteiger partial charge is 0.481 e. The summed E-state index contributed by atoms with van der Waals surface area (Å²) in [5.74, 6) is -2.77. The molecule has 23 heavy (non-hydrogen) atoms. The molecular formula is C14H9FN2O4S2. The van der Waals surface area contributed by atoms with Crippen LogP contribution in [0.3, 0.4) is 0 Å². The minimum Gasteiger partial charge on any atom is -0.481 e. The van der Waals surface area contributed by atoms with E-state index in [-0.39, 0.29) is 33.5 Å². The van der Waals surface area contributed by atoms with Crippen molar-refractivity contribution in [1.82, 2.24) is 4.90 Å². The Kier molecular flexibility index (Phi) is 3.90. The summed E-state index contributed by atoms with van der Waals surface area (Å²) in [7, 11) is 0. The van der Waals surface area contributed by atoms with Crippen molar-refractivity contribution in [2.75, 3.05) is 11.9 Å². The molecular weight excluding hydrogens is 343 g/mol. The Bertz CT molecular complexity index is 806. The third kappa shape index (κ3) is 2.62. The molecule has 2 aliphatic rings. The molecule has 2 N–H and O–H groups in total. The highest BCUT2D eigenvalue weighted by molar-refractivity contribution is 8.26. The van der Waals surface area contributed by atoms with Crippen molar-refractivity contribution < 1.29 is 23.9 Å². The van der Waals surface area contributed by atoms with E-state index in [1.54, 1.807) is 0 Å². The zero-order valence-corrected chi connectivity index (χ0v) is 13.1. The molecule has 2 aliphatic heterocycles. The normalized spacial score (nSPS) is 20.0. The first kappa shape index (κ1) is 15.6. The summed E-state index contributed by atoms with van der Waals surface area (Å²) < 4.78 is 13.9. The molecule has 0 unspecified atom stereocenters. The van der Waals surface area contributed by atoms with Gasteiger partial charge in [-0.1, -0.05) is 36.1 Å². The van der Waals surface area contributed by atoms with Crippen molar-refractivity contribution in [3.8, 4) is 0 Å².